The molecule has 1 N–H and O–H groups in total. The van der Waals surface area contributed by atoms with Crippen LogP contribution in [0, 0.1) is 11.8 Å². The van der Waals surface area contributed by atoms with E-state index in [0.29, 0.717) is 17.0 Å². The molecule has 112 valence electrons. The highest BCUT2D eigenvalue weighted by atomic mass is 35.5. The van der Waals surface area contributed by atoms with Crippen LogP contribution in [0.1, 0.15) is 45.6 Å². The van der Waals surface area contributed by atoms with Crippen molar-refractivity contribution >= 4 is 11.6 Å². The molecule has 1 heterocycles. The molecule has 0 radical (unpaired) electrons. The predicted molar refractivity (Wildman–Crippen MR) is 83.2 cm³/mol. The Kier molecular flexibility index (Phi) is 5.67. The maximum absolute atomic E-state index is 6.16. The lowest BCUT2D eigenvalue weighted by molar-refractivity contribution is 0.0964. The number of rotatable bonds is 5. The lowest BCUT2D eigenvalue weighted by Crippen LogP contribution is -2.29. The summed E-state index contributed by atoms with van der Waals surface area (Å²) in [4.78, 5) is 4.30. The van der Waals surface area contributed by atoms with Crippen molar-refractivity contribution in [2.75, 3.05) is 6.54 Å². The molecule has 3 nitrogen and oxygen atoms in total. The fraction of sp³-hybridized carbons (Fsp3) is 0.688. The fourth-order valence-electron chi connectivity index (χ4n) is 2.69. The van der Waals surface area contributed by atoms with Crippen molar-refractivity contribution in [1.82, 2.24) is 10.3 Å². The number of ether oxygens (including phenoxy) is 1. The van der Waals surface area contributed by atoms with Gasteiger partial charge in [-0.1, -0.05) is 32.4 Å². The summed E-state index contributed by atoms with van der Waals surface area (Å²) in [5, 5.41) is 3.98. The van der Waals surface area contributed by atoms with E-state index >= 15 is 0 Å². The van der Waals surface area contributed by atoms with E-state index in [1.807, 2.05) is 6.07 Å². The summed E-state index contributed by atoms with van der Waals surface area (Å²) >= 11 is 6.16. The lowest BCUT2D eigenvalue weighted by atomic mass is 9.80. The van der Waals surface area contributed by atoms with Crippen LogP contribution >= 0.6 is 11.6 Å². The van der Waals surface area contributed by atoms with E-state index in [1.165, 1.54) is 6.42 Å². The third-order valence-electron chi connectivity index (χ3n) is 4.31. The third kappa shape index (κ3) is 4.10. The summed E-state index contributed by atoms with van der Waals surface area (Å²) in [7, 11) is 0. The highest BCUT2D eigenvalue weighted by molar-refractivity contribution is 6.31. The summed E-state index contributed by atoms with van der Waals surface area (Å²) in [5.41, 5.74) is 1.05. The monoisotopic (exact) mass is 296 g/mol. The normalized spacial score (nSPS) is 26.5. The van der Waals surface area contributed by atoms with Gasteiger partial charge in [-0.15, -0.1) is 0 Å². The number of pyridine rings is 1. The van der Waals surface area contributed by atoms with E-state index < -0.39 is 0 Å². The first-order valence-corrected chi connectivity index (χ1v) is 7.99. The molecule has 0 spiro atoms. The third-order valence-corrected chi connectivity index (χ3v) is 4.65. The number of hydrogen-bond donors (Lipinski definition) is 1. The van der Waals surface area contributed by atoms with Crippen molar-refractivity contribution < 1.29 is 4.74 Å². The van der Waals surface area contributed by atoms with Gasteiger partial charge >= 0.3 is 0 Å². The van der Waals surface area contributed by atoms with Gasteiger partial charge in [-0.3, -0.25) is 0 Å². The van der Waals surface area contributed by atoms with E-state index in [9.17, 15) is 0 Å². The molecular formula is C16H25ClN2O. The largest absolute Gasteiger partial charge is 0.474 e. The molecule has 3 atom stereocenters. The molecule has 0 aromatic carbocycles. The summed E-state index contributed by atoms with van der Waals surface area (Å²) in [6.07, 6.45) is 5.47. The van der Waals surface area contributed by atoms with Gasteiger partial charge in [0.15, 0.2) is 0 Å². The van der Waals surface area contributed by atoms with Crippen LogP contribution in [0.4, 0.5) is 0 Å². The molecule has 0 saturated heterocycles. The Morgan fingerprint density at radius 2 is 2.15 bits per heavy atom. The zero-order chi connectivity index (χ0) is 14.5. The molecule has 1 fully saturated rings. The van der Waals surface area contributed by atoms with E-state index in [4.69, 9.17) is 16.3 Å². The van der Waals surface area contributed by atoms with Crippen molar-refractivity contribution in [2.45, 2.75) is 52.7 Å². The fourth-order valence-corrected chi connectivity index (χ4v) is 2.86. The minimum Gasteiger partial charge on any atom is -0.474 e. The Balaban J connectivity index is 1.99. The number of nitrogens with zero attached hydrogens (tertiary/aromatic N) is 1. The second-order valence-corrected chi connectivity index (χ2v) is 6.31. The summed E-state index contributed by atoms with van der Waals surface area (Å²) in [5.74, 6) is 2.23. The molecule has 1 saturated carbocycles. The van der Waals surface area contributed by atoms with Crippen LogP contribution < -0.4 is 10.1 Å². The number of nitrogens with one attached hydrogen (secondary N) is 1. The minimum absolute atomic E-state index is 0.293. The highest BCUT2D eigenvalue weighted by Crippen LogP contribution is 2.31. The molecule has 1 aromatic heterocycles. The molecule has 1 aromatic rings. The molecule has 20 heavy (non-hydrogen) atoms. The molecule has 3 unspecified atom stereocenters. The second kappa shape index (κ2) is 7.28. The smallest absolute Gasteiger partial charge is 0.213 e. The Bertz CT molecular complexity index is 438. The Morgan fingerprint density at radius 1 is 1.35 bits per heavy atom. The molecule has 1 aliphatic rings. The van der Waals surface area contributed by atoms with E-state index in [2.05, 4.69) is 31.1 Å². The van der Waals surface area contributed by atoms with Crippen molar-refractivity contribution in [3.8, 4) is 5.88 Å². The Morgan fingerprint density at radius 3 is 2.85 bits per heavy atom. The van der Waals surface area contributed by atoms with Crippen molar-refractivity contribution in [1.29, 1.82) is 0 Å². The van der Waals surface area contributed by atoms with Crippen LogP contribution in [-0.4, -0.2) is 17.6 Å². The molecular weight excluding hydrogens is 272 g/mol. The summed E-state index contributed by atoms with van der Waals surface area (Å²) in [6, 6.07) is 1.97. The number of halogens is 1. The zero-order valence-corrected chi connectivity index (χ0v) is 13.4. The van der Waals surface area contributed by atoms with E-state index in [1.54, 1.807) is 6.20 Å². The van der Waals surface area contributed by atoms with Crippen LogP contribution in [0.15, 0.2) is 12.3 Å². The van der Waals surface area contributed by atoms with Crippen molar-refractivity contribution in [3.63, 3.8) is 0 Å². The first-order chi connectivity index (χ1) is 9.60. The van der Waals surface area contributed by atoms with Gasteiger partial charge in [-0.05, 0) is 43.2 Å². The average Bonchev–Trinajstić information content (AvgIpc) is 2.43. The van der Waals surface area contributed by atoms with Crippen LogP contribution in [0.2, 0.25) is 5.02 Å². The Hall–Kier alpha value is -0.800. The maximum Gasteiger partial charge on any atom is 0.213 e. The van der Waals surface area contributed by atoms with Gasteiger partial charge in [-0.25, -0.2) is 4.98 Å². The Labute approximate surface area is 127 Å². The standard InChI is InChI=1S/C16H25ClN2O/c1-4-18-9-13-8-16(19-10-15(13)17)20-14-6-5-11(2)12(3)7-14/h8,10-12,14,18H,4-7,9H2,1-3H3. The summed E-state index contributed by atoms with van der Waals surface area (Å²) in [6.45, 7) is 8.40. The summed E-state index contributed by atoms with van der Waals surface area (Å²) < 4.78 is 6.05. The highest BCUT2D eigenvalue weighted by Gasteiger charge is 2.26. The predicted octanol–water partition coefficient (Wildman–Crippen LogP) is 4.05. The van der Waals surface area contributed by atoms with Gasteiger partial charge in [0.05, 0.1) is 5.02 Å². The van der Waals surface area contributed by atoms with Crippen LogP contribution in [0.25, 0.3) is 0 Å². The van der Waals surface area contributed by atoms with Crippen LogP contribution in [-0.2, 0) is 6.54 Å². The molecule has 0 amide bonds. The van der Waals surface area contributed by atoms with Gasteiger partial charge in [0.1, 0.15) is 6.10 Å². The molecule has 2 rings (SSSR count). The van der Waals surface area contributed by atoms with Crippen LogP contribution in [0.5, 0.6) is 5.88 Å². The second-order valence-electron chi connectivity index (χ2n) is 5.90. The molecule has 0 aliphatic heterocycles. The average molecular weight is 297 g/mol. The van der Waals surface area contributed by atoms with Gasteiger partial charge < -0.3 is 10.1 Å². The van der Waals surface area contributed by atoms with Crippen molar-refractivity contribution in [2.24, 2.45) is 11.8 Å². The minimum atomic E-state index is 0.293. The van der Waals surface area contributed by atoms with E-state index in [-0.39, 0.29) is 0 Å². The molecule has 0 bridgehead atoms. The zero-order valence-electron chi connectivity index (χ0n) is 12.7. The van der Waals surface area contributed by atoms with Gasteiger partial charge in [0, 0.05) is 18.8 Å². The van der Waals surface area contributed by atoms with Crippen molar-refractivity contribution in [3.05, 3.63) is 22.8 Å². The maximum atomic E-state index is 6.16. The molecule has 4 heteroatoms. The lowest BCUT2D eigenvalue weighted by Gasteiger charge is -2.32. The SMILES string of the molecule is CCNCc1cc(OC2CCC(C)C(C)C2)ncc1Cl. The van der Waals surface area contributed by atoms with Gasteiger partial charge in [0.25, 0.3) is 0 Å². The van der Waals surface area contributed by atoms with Gasteiger partial charge in [-0.2, -0.15) is 0 Å². The quantitative estimate of drug-likeness (QED) is 0.890. The number of hydrogen-bond acceptors (Lipinski definition) is 3. The van der Waals surface area contributed by atoms with Crippen LogP contribution in [0.3, 0.4) is 0 Å². The molecule has 1 aliphatic carbocycles. The first kappa shape index (κ1) is 15.6. The number of aromatic nitrogens is 1. The first-order valence-electron chi connectivity index (χ1n) is 7.62. The van der Waals surface area contributed by atoms with Gasteiger partial charge in [0.2, 0.25) is 5.88 Å². The topological polar surface area (TPSA) is 34.1 Å². The van der Waals surface area contributed by atoms with E-state index in [0.717, 1.165) is 43.3 Å².